The number of piperidine rings is 1. The van der Waals surface area contributed by atoms with E-state index in [4.69, 9.17) is 25.5 Å². The number of halogens is 1. The Morgan fingerprint density at radius 2 is 2.03 bits per heavy atom. The summed E-state index contributed by atoms with van der Waals surface area (Å²) in [4.78, 5) is 29.3. The third-order valence-corrected chi connectivity index (χ3v) is 6.85. The lowest BCUT2D eigenvalue weighted by Gasteiger charge is -2.34. The molecule has 1 saturated heterocycles. The standard InChI is InChI=1S/C23H34ClN5O5S/c1-23(2,3)34-22(31)29-10-8-15(9-11-29)14-16(25-19(30)17-6-7-18(24)35-17)20-26-27-21(33-20)28(4)12-13-32-5/h6-7,15-16H,8-14H2,1-5H3,(H,25,30). The molecule has 2 amide bonds. The molecule has 1 aliphatic heterocycles. The summed E-state index contributed by atoms with van der Waals surface area (Å²) in [6.07, 6.45) is 1.88. The highest BCUT2D eigenvalue weighted by Crippen LogP contribution is 2.30. The van der Waals surface area contributed by atoms with E-state index in [1.807, 2.05) is 27.8 Å². The number of ether oxygens (including phenoxy) is 2. The molecular weight excluding hydrogens is 494 g/mol. The predicted molar refractivity (Wildman–Crippen MR) is 134 cm³/mol. The monoisotopic (exact) mass is 527 g/mol. The molecule has 0 saturated carbocycles. The minimum Gasteiger partial charge on any atom is -0.444 e. The molecule has 1 fully saturated rings. The Balaban J connectivity index is 1.68. The third kappa shape index (κ3) is 8.08. The summed E-state index contributed by atoms with van der Waals surface area (Å²) in [5.74, 6) is 0.355. The summed E-state index contributed by atoms with van der Waals surface area (Å²) in [5, 5.41) is 11.4. The Bertz CT molecular complexity index is 983. The number of methoxy groups -OCH3 is 1. The molecule has 1 unspecified atom stereocenters. The van der Waals surface area contributed by atoms with E-state index in [1.165, 1.54) is 11.3 Å². The van der Waals surface area contributed by atoms with Gasteiger partial charge >= 0.3 is 12.1 Å². The molecule has 35 heavy (non-hydrogen) atoms. The van der Waals surface area contributed by atoms with Crippen molar-refractivity contribution in [2.75, 3.05) is 45.3 Å². The quantitative estimate of drug-likeness (QED) is 0.511. The van der Waals surface area contributed by atoms with Gasteiger partial charge in [-0.2, -0.15) is 0 Å². The van der Waals surface area contributed by atoms with Crippen LogP contribution >= 0.6 is 22.9 Å². The van der Waals surface area contributed by atoms with Crippen LogP contribution < -0.4 is 10.2 Å². The van der Waals surface area contributed by atoms with Crippen LogP contribution in [0.2, 0.25) is 4.34 Å². The highest BCUT2D eigenvalue weighted by Gasteiger charge is 2.31. The van der Waals surface area contributed by atoms with Crippen molar-refractivity contribution in [1.82, 2.24) is 20.4 Å². The summed E-state index contributed by atoms with van der Waals surface area (Å²) >= 11 is 7.22. The molecule has 3 heterocycles. The van der Waals surface area contributed by atoms with E-state index in [2.05, 4.69) is 15.5 Å². The summed E-state index contributed by atoms with van der Waals surface area (Å²) in [6, 6.07) is 3.27. The zero-order chi connectivity index (χ0) is 25.6. The number of hydrogen-bond acceptors (Lipinski definition) is 9. The first-order chi connectivity index (χ1) is 16.6. The van der Waals surface area contributed by atoms with E-state index in [9.17, 15) is 9.59 Å². The first-order valence-electron chi connectivity index (χ1n) is 11.6. The topological polar surface area (TPSA) is 110 Å². The number of nitrogens with zero attached hydrogens (tertiary/aromatic N) is 4. The maximum Gasteiger partial charge on any atom is 0.410 e. The van der Waals surface area contributed by atoms with Crippen LogP contribution in [-0.4, -0.2) is 73.1 Å². The minimum absolute atomic E-state index is 0.245. The average Bonchev–Trinajstić information content (AvgIpc) is 3.46. The van der Waals surface area contributed by atoms with Crippen molar-refractivity contribution in [2.45, 2.75) is 51.7 Å². The van der Waals surface area contributed by atoms with Crippen LogP contribution in [0, 0.1) is 5.92 Å². The summed E-state index contributed by atoms with van der Waals surface area (Å²) in [6.45, 7) is 7.87. The number of thiophene rings is 1. The Kier molecular flexibility index (Phi) is 9.37. The van der Waals surface area contributed by atoms with Crippen LogP contribution in [-0.2, 0) is 9.47 Å². The van der Waals surface area contributed by atoms with Crippen molar-refractivity contribution < 1.29 is 23.5 Å². The molecule has 1 aliphatic rings. The van der Waals surface area contributed by atoms with E-state index in [-0.39, 0.29) is 17.9 Å². The second-order valence-corrected chi connectivity index (χ2v) is 11.3. The first kappa shape index (κ1) is 27.2. The molecule has 3 rings (SSSR count). The van der Waals surface area contributed by atoms with Gasteiger partial charge in [0.15, 0.2) is 0 Å². The van der Waals surface area contributed by atoms with Gasteiger partial charge in [0.1, 0.15) is 11.6 Å². The van der Waals surface area contributed by atoms with E-state index in [0.717, 1.165) is 12.8 Å². The second-order valence-electron chi connectivity index (χ2n) is 9.61. The van der Waals surface area contributed by atoms with Crippen LogP contribution in [0.5, 0.6) is 0 Å². The number of amides is 2. The largest absolute Gasteiger partial charge is 0.444 e. The van der Waals surface area contributed by atoms with Crippen molar-refractivity contribution in [1.29, 1.82) is 0 Å². The molecular formula is C23H34ClN5O5S. The van der Waals surface area contributed by atoms with Gasteiger partial charge in [0.05, 0.1) is 15.8 Å². The second kappa shape index (κ2) is 12.0. The SMILES string of the molecule is COCCN(C)c1nnc(C(CC2CCN(C(=O)OC(C)(C)C)CC2)NC(=O)c2ccc(Cl)s2)o1. The van der Waals surface area contributed by atoms with Gasteiger partial charge < -0.3 is 29.0 Å². The molecule has 194 valence electrons. The summed E-state index contributed by atoms with van der Waals surface area (Å²) in [5.41, 5.74) is -0.528. The van der Waals surface area contributed by atoms with Gasteiger partial charge in [0.2, 0.25) is 5.89 Å². The maximum absolute atomic E-state index is 12.9. The molecule has 0 aliphatic carbocycles. The zero-order valence-corrected chi connectivity index (χ0v) is 22.4. The lowest BCUT2D eigenvalue weighted by atomic mass is 9.90. The van der Waals surface area contributed by atoms with Crippen molar-refractivity contribution >= 4 is 41.0 Å². The van der Waals surface area contributed by atoms with Gasteiger partial charge in [-0.15, -0.1) is 16.4 Å². The van der Waals surface area contributed by atoms with Gasteiger partial charge in [-0.3, -0.25) is 4.79 Å². The molecule has 0 radical (unpaired) electrons. The number of likely N-dealkylation sites (tertiary alicyclic amines) is 1. The van der Waals surface area contributed by atoms with Crippen molar-refractivity contribution in [3.05, 3.63) is 27.2 Å². The van der Waals surface area contributed by atoms with Gasteiger partial charge in [-0.05, 0) is 58.1 Å². The van der Waals surface area contributed by atoms with Crippen molar-refractivity contribution in [3.8, 4) is 0 Å². The van der Waals surface area contributed by atoms with Gasteiger partial charge in [0.25, 0.3) is 5.91 Å². The Labute approximate surface area is 214 Å². The van der Waals surface area contributed by atoms with E-state index >= 15 is 0 Å². The van der Waals surface area contributed by atoms with E-state index in [1.54, 1.807) is 29.0 Å². The number of carbonyl (C=O) groups is 2. The molecule has 0 bridgehead atoms. The highest BCUT2D eigenvalue weighted by molar-refractivity contribution is 7.18. The number of anilines is 1. The van der Waals surface area contributed by atoms with E-state index < -0.39 is 11.6 Å². The third-order valence-electron chi connectivity index (χ3n) is 5.62. The van der Waals surface area contributed by atoms with Crippen LogP contribution in [0.3, 0.4) is 0 Å². The number of rotatable bonds is 9. The Hall–Kier alpha value is -2.37. The molecule has 1 N–H and O–H groups in total. The molecule has 12 heteroatoms. The number of carbonyl (C=O) groups excluding carboxylic acids is 2. The number of hydrogen-bond donors (Lipinski definition) is 1. The lowest BCUT2D eigenvalue weighted by molar-refractivity contribution is 0.0177. The average molecular weight is 528 g/mol. The summed E-state index contributed by atoms with van der Waals surface area (Å²) in [7, 11) is 3.47. The number of nitrogens with one attached hydrogen (secondary N) is 1. The van der Waals surface area contributed by atoms with Gasteiger partial charge in [-0.1, -0.05) is 16.7 Å². The fourth-order valence-electron chi connectivity index (χ4n) is 3.74. The van der Waals surface area contributed by atoms with Crippen LogP contribution in [0.4, 0.5) is 10.8 Å². The number of aromatic nitrogens is 2. The number of likely N-dealkylation sites (N-methyl/N-ethyl adjacent to an activating group) is 1. The van der Waals surface area contributed by atoms with Crippen molar-refractivity contribution in [3.63, 3.8) is 0 Å². The minimum atomic E-state index is -0.528. The van der Waals surface area contributed by atoms with Crippen LogP contribution in [0.1, 0.15) is 61.6 Å². The smallest absolute Gasteiger partial charge is 0.410 e. The predicted octanol–water partition coefficient (Wildman–Crippen LogP) is 4.38. The van der Waals surface area contributed by atoms with Crippen LogP contribution in [0.15, 0.2) is 16.5 Å². The summed E-state index contributed by atoms with van der Waals surface area (Å²) < 4.78 is 17.1. The first-order valence-corrected chi connectivity index (χ1v) is 12.8. The Morgan fingerprint density at radius 3 is 2.63 bits per heavy atom. The molecule has 2 aromatic heterocycles. The Morgan fingerprint density at radius 1 is 1.31 bits per heavy atom. The zero-order valence-electron chi connectivity index (χ0n) is 20.9. The molecule has 1 atom stereocenters. The molecule has 2 aromatic rings. The molecule has 0 aromatic carbocycles. The lowest BCUT2D eigenvalue weighted by Crippen LogP contribution is -2.42. The van der Waals surface area contributed by atoms with Gasteiger partial charge in [-0.25, -0.2) is 4.79 Å². The van der Waals surface area contributed by atoms with Gasteiger partial charge in [0, 0.05) is 33.8 Å². The normalized spacial score (nSPS) is 15.7. The van der Waals surface area contributed by atoms with E-state index in [0.29, 0.717) is 53.8 Å². The molecule has 10 nitrogen and oxygen atoms in total. The van der Waals surface area contributed by atoms with Crippen LogP contribution in [0.25, 0.3) is 0 Å². The fraction of sp³-hybridized carbons (Fsp3) is 0.652. The maximum atomic E-state index is 12.9. The highest BCUT2D eigenvalue weighted by atomic mass is 35.5. The molecule has 0 spiro atoms. The fourth-order valence-corrected chi connectivity index (χ4v) is 4.69. The van der Waals surface area contributed by atoms with Crippen molar-refractivity contribution in [2.24, 2.45) is 5.92 Å².